The molecule has 0 aromatic rings. The van der Waals surface area contributed by atoms with E-state index in [-0.39, 0.29) is 25.7 Å². The molecule has 1 aliphatic rings. The molecule has 0 aliphatic heterocycles. The molecular weight excluding hydrogens is 922 g/mol. The molecule has 19 heteroatoms. The lowest BCUT2D eigenvalue weighted by Crippen LogP contribution is -2.64. The second-order valence-electron chi connectivity index (χ2n) is 16.6. The fraction of sp³-hybridized carbons (Fsp3) is 0.673. The summed E-state index contributed by atoms with van der Waals surface area (Å²) in [6.45, 7) is 2.83. The summed E-state index contributed by atoms with van der Waals surface area (Å²) in [7, 11) is -10.8. The molecule has 1 rings (SSSR count). The van der Waals surface area contributed by atoms with Crippen molar-refractivity contribution in [3.63, 3.8) is 0 Å². The van der Waals surface area contributed by atoms with E-state index in [4.69, 9.17) is 18.5 Å². The van der Waals surface area contributed by atoms with Gasteiger partial charge in [0.1, 0.15) is 43.2 Å². The molecular formula is C49H82O17P2. The summed E-state index contributed by atoms with van der Waals surface area (Å²) in [6, 6.07) is 0. The number of carbonyl (C=O) groups is 2. The van der Waals surface area contributed by atoms with Crippen LogP contribution < -0.4 is 0 Å². The van der Waals surface area contributed by atoms with Crippen LogP contribution in [-0.2, 0) is 41.8 Å². The average molecular weight is 1010 g/mol. The summed E-state index contributed by atoms with van der Waals surface area (Å²) in [5.74, 6) is -1.40. The van der Waals surface area contributed by atoms with Gasteiger partial charge in [-0.2, -0.15) is 0 Å². The molecule has 1 fully saturated rings. The molecule has 9 atom stereocenters. The van der Waals surface area contributed by atoms with Gasteiger partial charge in [-0.15, -0.1) is 0 Å². The number of ether oxygens (including phenoxy) is 2. The normalized spacial score (nSPS) is 22.4. The number of aliphatic hydroxyl groups is 5. The Balaban J connectivity index is 2.69. The first-order valence-corrected chi connectivity index (χ1v) is 27.3. The highest BCUT2D eigenvalue weighted by Crippen LogP contribution is 2.49. The molecule has 68 heavy (non-hydrogen) atoms. The maximum atomic E-state index is 13.0. The Morgan fingerprint density at radius 1 is 0.559 bits per heavy atom. The fourth-order valence-corrected chi connectivity index (χ4v) is 8.32. The highest BCUT2D eigenvalue weighted by molar-refractivity contribution is 7.47. The van der Waals surface area contributed by atoms with E-state index in [0.29, 0.717) is 6.42 Å². The quantitative estimate of drug-likeness (QED) is 0.00944. The van der Waals surface area contributed by atoms with E-state index in [2.05, 4.69) is 67.0 Å². The van der Waals surface area contributed by atoms with Gasteiger partial charge < -0.3 is 49.7 Å². The first kappa shape index (κ1) is 63.2. The van der Waals surface area contributed by atoms with Crippen LogP contribution in [0.3, 0.4) is 0 Å². The smallest absolute Gasteiger partial charge is 0.462 e. The lowest BCUT2D eigenvalue weighted by molar-refractivity contribution is -0.216. The molecule has 0 bridgehead atoms. The van der Waals surface area contributed by atoms with E-state index in [0.717, 1.165) is 77.0 Å². The Hall–Kier alpha value is -2.86. The number of aliphatic hydroxyl groups excluding tert-OH is 5. The first-order chi connectivity index (χ1) is 32.5. The van der Waals surface area contributed by atoms with Gasteiger partial charge in [0.25, 0.3) is 0 Å². The van der Waals surface area contributed by atoms with E-state index < -0.39 is 89.6 Å². The largest absolute Gasteiger partial charge is 0.472 e. The van der Waals surface area contributed by atoms with Crippen molar-refractivity contribution in [3.8, 4) is 0 Å². The van der Waals surface area contributed by atoms with Crippen LogP contribution >= 0.6 is 15.6 Å². The summed E-state index contributed by atoms with van der Waals surface area (Å²) in [6.07, 6.45) is 29.9. The van der Waals surface area contributed by atoms with Crippen LogP contribution in [0, 0.1) is 0 Å². The van der Waals surface area contributed by atoms with Crippen LogP contribution in [0.25, 0.3) is 0 Å². The van der Waals surface area contributed by atoms with Crippen LogP contribution in [0.15, 0.2) is 85.1 Å². The van der Waals surface area contributed by atoms with Crippen molar-refractivity contribution in [1.82, 2.24) is 0 Å². The predicted octanol–water partition coefficient (Wildman–Crippen LogP) is 8.36. The number of hydrogen-bond acceptors (Lipinski definition) is 14. The van der Waals surface area contributed by atoms with Gasteiger partial charge in [-0.05, 0) is 70.6 Å². The van der Waals surface area contributed by atoms with Crippen molar-refractivity contribution in [3.05, 3.63) is 85.1 Å². The van der Waals surface area contributed by atoms with Gasteiger partial charge in [0.05, 0.1) is 12.7 Å². The standard InChI is InChI=1S/C49H82O17P2/c1-3-5-7-9-11-13-15-17-18-20-22-24-26-28-32-36-42(51)62-38-41(39-63-68(60,61)66-49-46(55)44(53)45(54)48(47(49)56)65-67(57,58)59)64-43(52)37-33-29-31-35-40(50)34-30-27-25-23-21-19-16-14-12-10-8-6-4-2/h6,8,12-15,19,21,25,27,29-31,34,40-41,44-50,53-56H,3-5,7,9-11,16-18,20,22-24,26,28,32-33,35-39H2,1-2H3,(H,60,61)(H2,57,58,59)/b8-6-,14-12-,15-13-,21-19-,27-25-,31-29-,34-30-/t40?,41-,44?,45?,46?,47?,48-,49+/m1/s1. The minimum atomic E-state index is -5.39. The third-order valence-electron chi connectivity index (χ3n) is 10.5. The van der Waals surface area contributed by atoms with Gasteiger partial charge >= 0.3 is 27.6 Å². The number of rotatable bonds is 39. The Morgan fingerprint density at radius 2 is 1.10 bits per heavy atom. The molecule has 0 aromatic heterocycles. The molecule has 0 radical (unpaired) electrons. The molecule has 0 spiro atoms. The molecule has 6 unspecified atom stereocenters. The molecule has 0 heterocycles. The highest BCUT2D eigenvalue weighted by atomic mass is 31.2. The van der Waals surface area contributed by atoms with Gasteiger partial charge in [-0.25, -0.2) is 9.13 Å². The molecule has 390 valence electrons. The number of phosphoric ester groups is 2. The van der Waals surface area contributed by atoms with E-state index in [1.165, 1.54) is 25.7 Å². The van der Waals surface area contributed by atoms with Gasteiger partial charge in [-0.3, -0.25) is 23.2 Å². The van der Waals surface area contributed by atoms with E-state index in [1.54, 1.807) is 24.3 Å². The van der Waals surface area contributed by atoms with Gasteiger partial charge in [-0.1, -0.05) is 150 Å². The van der Waals surface area contributed by atoms with Crippen LogP contribution in [0.1, 0.15) is 149 Å². The molecule has 0 amide bonds. The SMILES string of the molecule is CC/C=C\C/C=C\C/C=C\C/C=C\C=C/C(O)C/C=C\CCC(=O)O[C@H](COC(=O)CCCCCCCCC/C=C\CCCCCC)COP(=O)(O)O[C@H]1C(O)C(O)C(O)[C@@H](OP(=O)(O)O)C1O. The molecule has 8 N–H and O–H groups in total. The summed E-state index contributed by atoms with van der Waals surface area (Å²) >= 11 is 0. The van der Waals surface area contributed by atoms with Crippen molar-refractivity contribution in [2.45, 2.75) is 198 Å². The summed E-state index contributed by atoms with van der Waals surface area (Å²) in [5.41, 5.74) is 0. The Labute approximate surface area is 404 Å². The van der Waals surface area contributed by atoms with Crippen molar-refractivity contribution in [2.75, 3.05) is 13.2 Å². The summed E-state index contributed by atoms with van der Waals surface area (Å²) in [4.78, 5) is 54.3. The molecule has 0 saturated heterocycles. The number of unbranched alkanes of at least 4 members (excludes halogenated alkanes) is 11. The second kappa shape index (κ2) is 38.8. The van der Waals surface area contributed by atoms with Crippen LogP contribution in [-0.4, -0.2) is 114 Å². The predicted molar refractivity (Wildman–Crippen MR) is 261 cm³/mol. The number of esters is 2. The van der Waals surface area contributed by atoms with Crippen molar-refractivity contribution >= 4 is 27.6 Å². The number of hydrogen-bond donors (Lipinski definition) is 8. The Bertz CT molecular complexity index is 1650. The monoisotopic (exact) mass is 1000 g/mol. The van der Waals surface area contributed by atoms with Crippen molar-refractivity contribution < 1.29 is 82.0 Å². The molecule has 1 saturated carbocycles. The Kier molecular flexibility index (Phi) is 36.1. The summed E-state index contributed by atoms with van der Waals surface area (Å²) < 4.78 is 49.2. The van der Waals surface area contributed by atoms with Gasteiger partial charge in [0.15, 0.2) is 6.10 Å². The maximum Gasteiger partial charge on any atom is 0.472 e. The fourth-order valence-electron chi connectivity index (χ4n) is 6.78. The maximum absolute atomic E-state index is 13.0. The zero-order valence-electron chi connectivity index (χ0n) is 40.1. The highest BCUT2D eigenvalue weighted by Gasteiger charge is 2.54. The molecule has 1 aliphatic carbocycles. The minimum Gasteiger partial charge on any atom is -0.462 e. The third-order valence-corrected chi connectivity index (χ3v) is 12.1. The van der Waals surface area contributed by atoms with Crippen LogP contribution in [0.5, 0.6) is 0 Å². The molecule has 0 aromatic carbocycles. The lowest BCUT2D eigenvalue weighted by Gasteiger charge is -2.43. The van der Waals surface area contributed by atoms with Gasteiger partial charge in [0, 0.05) is 12.8 Å². The third kappa shape index (κ3) is 32.9. The summed E-state index contributed by atoms with van der Waals surface area (Å²) in [5, 5.41) is 51.5. The second-order valence-corrected chi connectivity index (χ2v) is 19.2. The van der Waals surface area contributed by atoms with Crippen LogP contribution in [0.2, 0.25) is 0 Å². The van der Waals surface area contributed by atoms with E-state index in [9.17, 15) is 58.9 Å². The van der Waals surface area contributed by atoms with Crippen molar-refractivity contribution in [2.24, 2.45) is 0 Å². The van der Waals surface area contributed by atoms with Crippen molar-refractivity contribution in [1.29, 1.82) is 0 Å². The number of allylic oxidation sites excluding steroid dienone is 12. The lowest BCUT2D eigenvalue weighted by atomic mass is 9.85. The van der Waals surface area contributed by atoms with E-state index in [1.807, 2.05) is 12.2 Å². The number of phosphoric acid groups is 2. The topological polar surface area (TPSA) is 276 Å². The van der Waals surface area contributed by atoms with E-state index >= 15 is 0 Å². The average Bonchev–Trinajstić information content (AvgIpc) is 3.29. The van der Waals surface area contributed by atoms with Gasteiger partial charge in [0.2, 0.25) is 0 Å². The first-order valence-electron chi connectivity index (χ1n) is 24.2. The molecule has 17 nitrogen and oxygen atoms in total. The Morgan fingerprint density at radius 3 is 1.71 bits per heavy atom. The number of carbonyl (C=O) groups excluding carboxylic acids is 2. The minimum absolute atomic E-state index is 0.0743. The zero-order valence-corrected chi connectivity index (χ0v) is 41.9. The van der Waals surface area contributed by atoms with Crippen LogP contribution in [0.4, 0.5) is 0 Å². The zero-order chi connectivity index (χ0) is 50.5.